The number of nitrogens with zero attached hydrogens (tertiary/aromatic N) is 5. The van der Waals surface area contributed by atoms with Gasteiger partial charge >= 0.3 is 6.03 Å². The molecule has 2 fully saturated rings. The third kappa shape index (κ3) is 8.21. The van der Waals surface area contributed by atoms with Crippen molar-refractivity contribution >= 4 is 64.1 Å². The van der Waals surface area contributed by atoms with Crippen molar-refractivity contribution in [2.75, 3.05) is 53.4 Å². The number of urea groups is 1. The minimum absolute atomic E-state index is 0.111. The van der Waals surface area contributed by atoms with E-state index in [0.717, 1.165) is 49.5 Å². The van der Waals surface area contributed by atoms with E-state index in [1.54, 1.807) is 41.1 Å². The van der Waals surface area contributed by atoms with Crippen LogP contribution in [0.15, 0.2) is 41.6 Å². The molecule has 2 aromatic carbocycles. The van der Waals surface area contributed by atoms with Gasteiger partial charge in [-0.25, -0.2) is 9.86 Å². The first-order valence-electron chi connectivity index (χ1n) is 13.8. The fraction of sp³-hybridized carbons (Fsp3) is 0.483. The zero-order chi connectivity index (χ0) is 30.4. The molecular weight excluding hydrogens is 624 g/mol. The summed E-state index contributed by atoms with van der Waals surface area (Å²) in [5.74, 6) is -0.478. The molecule has 2 aliphatic rings. The highest BCUT2D eigenvalue weighted by Crippen LogP contribution is 2.31. The maximum atomic E-state index is 13.3. The van der Waals surface area contributed by atoms with Crippen LogP contribution in [-0.4, -0.2) is 102 Å². The molecule has 2 aliphatic heterocycles. The molecule has 2 heterocycles. The van der Waals surface area contributed by atoms with Crippen molar-refractivity contribution < 1.29 is 19.6 Å². The fourth-order valence-electron chi connectivity index (χ4n) is 5.62. The highest BCUT2D eigenvalue weighted by Gasteiger charge is 2.33. The Kier molecular flexibility index (Phi) is 11.6. The molecule has 1 atom stereocenters. The van der Waals surface area contributed by atoms with Crippen LogP contribution in [0.2, 0.25) is 20.1 Å². The summed E-state index contributed by atoms with van der Waals surface area (Å²) in [6.45, 7) is 3.63. The number of likely N-dealkylation sites (tertiary alicyclic amines) is 1. The summed E-state index contributed by atoms with van der Waals surface area (Å²) in [5, 5.41) is 16.7. The van der Waals surface area contributed by atoms with Gasteiger partial charge in [0.2, 0.25) is 0 Å². The maximum absolute atomic E-state index is 13.3. The zero-order valence-electron chi connectivity index (χ0n) is 23.6. The van der Waals surface area contributed by atoms with Gasteiger partial charge in [0.25, 0.3) is 5.91 Å². The second kappa shape index (κ2) is 14.9. The monoisotopic (exact) mass is 657 g/mol. The van der Waals surface area contributed by atoms with Gasteiger partial charge in [-0.1, -0.05) is 57.6 Å². The van der Waals surface area contributed by atoms with Gasteiger partial charge < -0.3 is 19.5 Å². The molecule has 0 aliphatic carbocycles. The normalized spacial score (nSPS) is 17.9. The third-order valence-corrected chi connectivity index (χ3v) is 8.95. The average molecular weight is 659 g/mol. The first-order valence-corrected chi connectivity index (χ1v) is 15.3. The van der Waals surface area contributed by atoms with E-state index in [0.29, 0.717) is 50.9 Å². The number of hydrogen-bond donors (Lipinski definition) is 1. The van der Waals surface area contributed by atoms with Gasteiger partial charge in [-0.15, -0.1) is 0 Å². The second-order valence-corrected chi connectivity index (χ2v) is 12.3. The van der Waals surface area contributed by atoms with Crippen LogP contribution in [0.5, 0.6) is 0 Å². The van der Waals surface area contributed by atoms with Crippen LogP contribution in [0.3, 0.4) is 0 Å². The van der Waals surface area contributed by atoms with E-state index in [9.17, 15) is 14.8 Å². The van der Waals surface area contributed by atoms with Gasteiger partial charge in [0, 0.05) is 54.3 Å². The standard InChI is InChI=1S/C29H35Cl4N5O4/c1-35(28(39)20-14-21(30)17-22(31)15-20)18-27(34-42-2)24(19-4-5-25(32)26(33)16-19)8-13-36-11-6-23(7-12-36)37-9-3-10-38(41)29(37)40/h4-5,14-17,23-24,41H,3,6-13,18H2,1-2H3/b34-27-/t24-/m1/s1. The summed E-state index contributed by atoms with van der Waals surface area (Å²) in [5.41, 5.74) is 1.93. The van der Waals surface area contributed by atoms with Gasteiger partial charge in [0.15, 0.2) is 0 Å². The Labute approximate surface area is 266 Å². The molecule has 0 radical (unpaired) electrons. The zero-order valence-corrected chi connectivity index (χ0v) is 26.6. The molecule has 2 saturated heterocycles. The summed E-state index contributed by atoms with van der Waals surface area (Å²) < 4.78 is 0. The highest BCUT2D eigenvalue weighted by atomic mass is 35.5. The van der Waals surface area contributed by atoms with E-state index in [-0.39, 0.29) is 30.4 Å². The summed E-state index contributed by atoms with van der Waals surface area (Å²) >= 11 is 24.9. The van der Waals surface area contributed by atoms with E-state index in [4.69, 9.17) is 51.2 Å². The fourth-order valence-corrected chi connectivity index (χ4v) is 6.46. The van der Waals surface area contributed by atoms with Crippen molar-refractivity contribution in [3.63, 3.8) is 0 Å². The molecule has 9 nitrogen and oxygen atoms in total. The van der Waals surface area contributed by atoms with Crippen LogP contribution in [0.4, 0.5) is 4.79 Å². The number of piperidine rings is 1. The number of oxime groups is 1. The lowest BCUT2D eigenvalue weighted by molar-refractivity contribution is -0.0794. The summed E-state index contributed by atoms with van der Waals surface area (Å²) in [4.78, 5) is 36.7. The number of amides is 3. The Morgan fingerprint density at radius 1 is 1.05 bits per heavy atom. The molecule has 0 bridgehead atoms. The molecule has 42 heavy (non-hydrogen) atoms. The van der Waals surface area contributed by atoms with Crippen molar-refractivity contribution in [2.45, 2.75) is 37.6 Å². The number of carbonyl (C=O) groups excluding carboxylic acids is 2. The van der Waals surface area contributed by atoms with E-state index in [1.807, 2.05) is 12.1 Å². The smallest absolute Gasteiger partial charge is 0.343 e. The minimum Gasteiger partial charge on any atom is -0.399 e. The number of halogens is 4. The third-order valence-electron chi connectivity index (χ3n) is 7.78. The predicted octanol–water partition coefficient (Wildman–Crippen LogP) is 6.53. The molecule has 4 rings (SSSR count). The Hall–Kier alpha value is -2.27. The molecule has 2 aromatic rings. The molecule has 13 heteroatoms. The van der Waals surface area contributed by atoms with E-state index in [2.05, 4.69) is 10.1 Å². The van der Waals surface area contributed by atoms with E-state index < -0.39 is 0 Å². The largest absolute Gasteiger partial charge is 0.399 e. The first kappa shape index (κ1) is 32.6. The molecule has 0 spiro atoms. The molecular formula is C29H35Cl4N5O4. The Morgan fingerprint density at radius 2 is 1.74 bits per heavy atom. The van der Waals surface area contributed by atoms with Crippen molar-refractivity contribution in [2.24, 2.45) is 5.16 Å². The average Bonchev–Trinajstić information content (AvgIpc) is 2.96. The number of benzene rings is 2. The SMILES string of the molecule is CO/N=C(/CN(C)C(=O)c1cc(Cl)cc(Cl)c1)[C@H](CCN1CCC(N2CCCN(O)C2=O)CC1)c1ccc(Cl)c(Cl)c1. The molecule has 1 N–H and O–H groups in total. The van der Waals surface area contributed by atoms with Gasteiger partial charge in [0.1, 0.15) is 7.11 Å². The Morgan fingerprint density at radius 3 is 2.38 bits per heavy atom. The van der Waals surface area contributed by atoms with E-state index >= 15 is 0 Å². The predicted molar refractivity (Wildman–Crippen MR) is 166 cm³/mol. The van der Waals surface area contributed by atoms with Crippen LogP contribution >= 0.6 is 46.4 Å². The molecule has 0 unspecified atom stereocenters. The van der Waals surface area contributed by atoms with Gasteiger partial charge in [-0.3, -0.25) is 10.0 Å². The number of carbonyl (C=O) groups is 2. The number of hydroxylamine groups is 2. The highest BCUT2D eigenvalue weighted by molar-refractivity contribution is 6.42. The van der Waals surface area contributed by atoms with Crippen LogP contribution < -0.4 is 0 Å². The van der Waals surface area contributed by atoms with Gasteiger partial charge in [0.05, 0.1) is 28.8 Å². The van der Waals surface area contributed by atoms with Crippen LogP contribution in [0.1, 0.15) is 47.5 Å². The molecule has 3 amide bonds. The van der Waals surface area contributed by atoms with Crippen molar-refractivity contribution in [1.29, 1.82) is 0 Å². The summed E-state index contributed by atoms with van der Waals surface area (Å²) in [7, 11) is 3.17. The van der Waals surface area contributed by atoms with Crippen molar-refractivity contribution in [1.82, 2.24) is 19.8 Å². The lowest BCUT2D eigenvalue weighted by Gasteiger charge is -2.41. The van der Waals surface area contributed by atoms with Crippen LogP contribution in [-0.2, 0) is 4.84 Å². The maximum Gasteiger partial charge on any atom is 0.343 e. The van der Waals surface area contributed by atoms with Crippen molar-refractivity contribution in [3.05, 3.63) is 67.6 Å². The summed E-state index contributed by atoms with van der Waals surface area (Å²) in [6.07, 6.45) is 3.10. The first-order chi connectivity index (χ1) is 20.1. The molecule has 0 aromatic heterocycles. The molecule has 0 saturated carbocycles. The van der Waals surface area contributed by atoms with Gasteiger partial charge in [-0.2, -0.15) is 0 Å². The van der Waals surface area contributed by atoms with Gasteiger partial charge in [-0.05, 0) is 68.1 Å². The lowest BCUT2D eigenvalue weighted by atomic mass is 9.89. The van der Waals surface area contributed by atoms with E-state index in [1.165, 1.54) is 7.11 Å². The Bertz CT molecular complexity index is 1280. The summed E-state index contributed by atoms with van der Waals surface area (Å²) in [6, 6.07) is 10.0. The topological polar surface area (TPSA) is 88.9 Å². The van der Waals surface area contributed by atoms with Crippen LogP contribution in [0, 0.1) is 0 Å². The van der Waals surface area contributed by atoms with Crippen molar-refractivity contribution in [3.8, 4) is 0 Å². The number of hydrogen-bond acceptors (Lipinski definition) is 6. The minimum atomic E-state index is -0.307. The molecule has 228 valence electrons. The second-order valence-electron chi connectivity index (χ2n) is 10.6. The number of rotatable bonds is 10. The van der Waals surface area contributed by atoms with Crippen LogP contribution in [0.25, 0.3) is 0 Å². The lowest BCUT2D eigenvalue weighted by Crippen LogP contribution is -2.54. The quantitative estimate of drug-likeness (QED) is 0.178. The Balaban J connectivity index is 1.48.